The van der Waals surface area contributed by atoms with E-state index in [1.807, 2.05) is 0 Å². The molecule has 1 fully saturated rings. The predicted molar refractivity (Wildman–Crippen MR) is 69.1 cm³/mol. The van der Waals surface area contributed by atoms with Crippen molar-refractivity contribution < 1.29 is 22.3 Å². The number of rotatable bonds is 3. The Hall–Kier alpha value is -1.51. The van der Waals surface area contributed by atoms with Crippen LogP contribution in [0.1, 0.15) is 16.8 Å². The van der Waals surface area contributed by atoms with E-state index in [1.165, 1.54) is 11.0 Å². The number of carbonyl (C=O) groups excluding carboxylic acids is 1. The van der Waals surface area contributed by atoms with Gasteiger partial charge in [0.25, 0.3) is 5.91 Å². The number of hydrogen-bond donors (Lipinski definition) is 1. The van der Waals surface area contributed by atoms with E-state index in [4.69, 9.17) is 9.88 Å². The van der Waals surface area contributed by atoms with Gasteiger partial charge >= 0.3 is 0 Å². The van der Waals surface area contributed by atoms with Gasteiger partial charge in [0, 0.05) is 19.2 Å². The molecule has 20 heavy (non-hydrogen) atoms. The number of amides is 1. The minimum Gasteiger partial charge on any atom is -0.379 e. The fourth-order valence-corrected chi connectivity index (χ4v) is 2.68. The van der Waals surface area contributed by atoms with Crippen molar-refractivity contribution in [2.24, 2.45) is 5.14 Å². The molecule has 0 bridgehead atoms. The Morgan fingerprint density at radius 2 is 2.20 bits per heavy atom. The first-order valence-electron chi connectivity index (χ1n) is 5.98. The quantitative estimate of drug-likeness (QED) is 0.871. The van der Waals surface area contributed by atoms with Crippen LogP contribution in [-0.4, -0.2) is 45.5 Å². The highest BCUT2D eigenvalue weighted by atomic mass is 32.2. The maximum Gasteiger partial charge on any atom is 0.253 e. The summed E-state index contributed by atoms with van der Waals surface area (Å²) in [5.74, 6) is -1.37. The van der Waals surface area contributed by atoms with Crippen LogP contribution in [0.3, 0.4) is 0 Å². The van der Waals surface area contributed by atoms with Crippen LogP contribution < -0.4 is 5.14 Å². The van der Waals surface area contributed by atoms with Gasteiger partial charge in [-0.25, -0.2) is 17.9 Å². The van der Waals surface area contributed by atoms with Crippen LogP contribution in [0.25, 0.3) is 0 Å². The Bertz CT molecular complexity index is 626. The second-order valence-corrected chi connectivity index (χ2v) is 6.15. The maximum atomic E-state index is 13.4. The van der Waals surface area contributed by atoms with Gasteiger partial charge in [0.15, 0.2) is 0 Å². The zero-order valence-corrected chi connectivity index (χ0v) is 11.7. The molecular weight excluding hydrogens is 287 g/mol. The van der Waals surface area contributed by atoms with Gasteiger partial charge < -0.3 is 9.64 Å². The first kappa shape index (κ1) is 14.9. The number of hydrogen-bond acceptors (Lipinski definition) is 4. The van der Waals surface area contributed by atoms with E-state index < -0.39 is 26.6 Å². The number of sulfonamides is 1. The molecule has 0 aliphatic carbocycles. The van der Waals surface area contributed by atoms with Gasteiger partial charge in [-0.2, -0.15) is 0 Å². The van der Waals surface area contributed by atoms with Gasteiger partial charge in [-0.3, -0.25) is 4.79 Å². The smallest absolute Gasteiger partial charge is 0.253 e. The third-order valence-electron chi connectivity index (χ3n) is 3.26. The van der Waals surface area contributed by atoms with Crippen LogP contribution in [-0.2, 0) is 14.8 Å². The molecule has 2 rings (SSSR count). The average molecular weight is 302 g/mol. The Morgan fingerprint density at radius 1 is 1.50 bits per heavy atom. The van der Waals surface area contributed by atoms with Crippen molar-refractivity contribution >= 4 is 15.9 Å². The summed E-state index contributed by atoms with van der Waals surface area (Å²) in [6.07, 6.45) is 0.714. The normalized spacial score (nSPS) is 19.1. The van der Waals surface area contributed by atoms with Crippen molar-refractivity contribution in [1.29, 1.82) is 0 Å². The van der Waals surface area contributed by atoms with E-state index in [0.717, 1.165) is 12.1 Å². The summed E-state index contributed by atoms with van der Waals surface area (Å²) in [5, 5.41) is 4.91. The molecule has 6 nitrogen and oxygen atoms in total. The molecule has 1 heterocycles. The summed E-state index contributed by atoms with van der Waals surface area (Å²) in [6, 6.07) is 3.05. The molecule has 1 aromatic carbocycles. The van der Waals surface area contributed by atoms with Gasteiger partial charge in [0.2, 0.25) is 10.0 Å². The van der Waals surface area contributed by atoms with Crippen molar-refractivity contribution in [3.05, 3.63) is 29.6 Å². The molecule has 1 saturated heterocycles. The number of ether oxygens (including phenoxy) is 1. The molecule has 0 saturated carbocycles. The van der Waals surface area contributed by atoms with Crippen LogP contribution in [0.4, 0.5) is 4.39 Å². The third-order valence-corrected chi connectivity index (χ3v) is 4.18. The van der Waals surface area contributed by atoms with Crippen LogP contribution in [0, 0.1) is 5.82 Å². The van der Waals surface area contributed by atoms with Crippen molar-refractivity contribution in [3.63, 3.8) is 0 Å². The number of nitrogens with zero attached hydrogens (tertiary/aromatic N) is 1. The van der Waals surface area contributed by atoms with E-state index in [0.29, 0.717) is 19.6 Å². The van der Waals surface area contributed by atoms with E-state index in [1.54, 1.807) is 7.05 Å². The summed E-state index contributed by atoms with van der Waals surface area (Å²) in [5.41, 5.74) is 0.0739. The molecular formula is C12H15FN2O4S. The number of primary sulfonamides is 1. The van der Waals surface area contributed by atoms with E-state index in [2.05, 4.69) is 0 Å². The lowest BCUT2D eigenvalue weighted by Crippen LogP contribution is -2.37. The van der Waals surface area contributed by atoms with E-state index in [-0.39, 0.29) is 11.6 Å². The van der Waals surface area contributed by atoms with Crippen LogP contribution in [0.15, 0.2) is 23.1 Å². The molecule has 0 radical (unpaired) electrons. The van der Waals surface area contributed by atoms with Crippen molar-refractivity contribution in [1.82, 2.24) is 4.90 Å². The van der Waals surface area contributed by atoms with Crippen molar-refractivity contribution in [3.8, 4) is 0 Å². The first-order valence-corrected chi connectivity index (χ1v) is 7.52. The fraction of sp³-hybridized carbons (Fsp3) is 0.417. The fourth-order valence-electron chi connectivity index (χ4n) is 2.05. The third kappa shape index (κ3) is 2.97. The van der Waals surface area contributed by atoms with Gasteiger partial charge in [0.1, 0.15) is 10.7 Å². The lowest BCUT2D eigenvalue weighted by Gasteiger charge is -2.23. The topological polar surface area (TPSA) is 89.7 Å². The SMILES string of the molecule is CN(C(=O)c1ccc(F)c(S(N)(=O)=O)c1)C1CCOC1. The zero-order valence-electron chi connectivity index (χ0n) is 10.9. The average Bonchev–Trinajstić information content (AvgIpc) is 2.90. The largest absolute Gasteiger partial charge is 0.379 e. The van der Waals surface area contributed by atoms with Gasteiger partial charge in [0.05, 0.1) is 12.6 Å². The minimum atomic E-state index is -4.20. The van der Waals surface area contributed by atoms with Crippen molar-refractivity contribution in [2.75, 3.05) is 20.3 Å². The van der Waals surface area contributed by atoms with E-state index in [9.17, 15) is 17.6 Å². The highest BCUT2D eigenvalue weighted by Crippen LogP contribution is 2.18. The lowest BCUT2D eigenvalue weighted by molar-refractivity contribution is 0.0711. The Labute approximate surface area is 116 Å². The number of likely N-dealkylation sites (N-methyl/N-ethyl adjacent to an activating group) is 1. The molecule has 1 unspecified atom stereocenters. The van der Waals surface area contributed by atoms with Gasteiger partial charge in [-0.05, 0) is 24.6 Å². The van der Waals surface area contributed by atoms with Crippen molar-refractivity contribution in [2.45, 2.75) is 17.4 Å². The van der Waals surface area contributed by atoms with Crippen LogP contribution in [0.2, 0.25) is 0 Å². The molecule has 110 valence electrons. The number of nitrogens with two attached hydrogens (primary N) is 1. The summed E-state index contributed by atoms with van der Waals surface area (Å²) in [4.78, 5) is 13.0. The molecule has 0 aromatic heterocycles. The molecule has 1 atom stereocenters. The molecule has 1 aliphatic heterocycles. The number of halogens is 1. The van der Waals surface area contributed by atoms with Gasteiger partial charge in [-0.1, -0.05) is 0 Å². The minimum absolute atomic E-state index is 0.0644. The lowest BCUT2D eigenvalue weighted by atomic mass is 10.1. The highest BCUT2D eigenvalue weighted by Gasteiger charge is 2.26. The van der Waals surface area contributed by atoms with E-state index >= 15 is 0 Å². The number of benzene rings is 1. The summed E-state index contributed by atoms with van der Waals surface area (Å²) >= 11 is 0. The monoisotopic (exact) mass is 302 g/mol. The number of carbonyl (C=O) groups is 1. The van der Waals surface area contributed by atoms with Crippen LogP contribution in [0.5, 0.6) is 0 Å². The summed E-state index contributed by atoms with van der Waals surface area (Å²) in [7, 11) is -2.61. The Balaban J connectivity index is 2.31. The second-order valence-electron chi connectivity index (χ2n) is 4.62. The highest BCUT2D eigenvalue weighted by molar-refractivity contribution is 7.89. The van der Waals surface area contributed by atoms with Gasteiger partial charge in [-0.15, -0.1) is 0 Å². The maximum absolute atomic E-state index is 13.4. The first-order chi connectivity index (χ1) is 9.30. The standard InChI is InChI=1S/C12H15FN2O4S/c1-15(9-4-5-19-7-9)12(16)8-2-3-10(13)11(6-8)20(14,17)18/h2-3,6,9H,4-5,7H2,1H3,(H2,14,17,18). The molecule has 1 aliphatic rings. The predicted octanol–water partition coefficient (Wildman–Crippen LogP) is 0.334. The molecule has 1 aromatic rings. The molecule has 0 spiro atoms. The Morgan fingerprint density at radius 3 is 2.75 bits per heavy atom. The zero-order chi connectivity index (χ0) is 14.9. The molecule has 2 N–H and O–H groups in total. The molecule has 8 heteroatoms. The Kier molecular flexibility index (Phi) is 4.07. The van der Waals surface area contributed by atoms with Crippen LogP contribution >= 0.6 is 0 Å². The second kappa shape index (κ2) is 5.47. The summed E-state index contributed by atoms with van der Waals surface area (Å²) in [6.45, 7) is 1.01. The summed E-state index contributed by atoms with van der Waals surface area (Å²) < 4.78 is 41.1. The molecule has 1 amide bonds.